The molecule has 0 aliphatic heterocycles. The summed E-state index contributed by atoms with van der Waals surface area (Å²) in [7, 11) is 4.18. The molecule has 17 heavy (non-hydrogen) atoms. The first-order valence-electron chi connectivity index (χ1n) is 5.63. The van der Waals surface area contributed by atoms with Crippen molar-refractivity contribution in [1.29, 1.82) is 0 Å². The van der Waals surface area contributed by atoms with Gasteiger partial charge in [0.25, 0.3) is 0 Å². The van der Waals surface area contributed by atoms with Gasteiger partial charge >= 0.3 is 0 Å². The number of aliphatic hydroxyl groups is 1. The van der Waals surface area contributed by atoms with Crippen LogP contribution in [0.1, 0.15) is 11.1 Å². The Balaban J connectivity index is 2.35. The van der Waals surface area contributed by atoms with Gasteiger partial charge in [0, 0.05) is 23.6 Å². The van der Waals surface area contributed by atoms with Crippen LogP contribution in [0, 0.1) is 11.8 Å². The van der Waals surface area contributed by atoms with Gasteiger partial charge < -0.3 is 10.0 Å². The van der Waals surface area contributed by atoms with E-state index in [1.165, 1.54) is 5.56 Å². The Morgan fingerprint density at radius 3 is 2.53 bits per heavy atom. The number of hydrogen-bond acceptors (Lipinski definition) is 3. The third-order valence-corrected chi connectivity index (χ3v) is 3.23. The van der Waals surface area contributed by atoms with E-state index in [0.29, 0.717) is 0 Å². The van der Waals surface area contributed by atoms with Crippen molar-refractivity contribution in [2.75, 3.05) is 33.0 Å². The minimum atomic E-state index is -0.0812. The number of rotatable bonds is 5. The van der Waals surface area contributed by atoms with Crippen LogP contribution in [0.5, 0.6) is 0 Å². The minimum absolute atomic E-state index is 0.0812. The van der Waals surface area contributed by atoms with Crippen LogP contribution in [-0.2, 0) is 5.75 Å². The lowest BCUT2D eigenvalue weighted by Crippen LogP contribution is -2.14. The Hall–Kier alpha value is -0.950. The Morgan fingerprint density at radius 1 is 1.24 bits per heavy atom. The number of thioether (sulfide) groups is 1. The molecule has 1 N–H and O–H groups in total. The highest BCUT2D eigenvalue weighted by Crippen LogP contribution is 2.12. The minimum Gasteiger partial charge on any atom is -0.384 e. The van der Waals surface area contributed by atoms with Gasteiger partial charge in [-0.2, -0.15) is 11.8 Å². The number of hydrogen-bond donors (Lipinski definition) is 1. The molecule has 3 heteroatoms. The van der Waals surface area contributed by atoms with E-state index < -0.39 is 0 Å². The fourth-order valence-electron chi connectivity index (χ4n) is 1.26. The summed E-state index contributed by atoms with van der Waals surface area (Å²) in [6, 6.07) is 8.21. The fourth-order valence-corrected chi connectivity index (χ4v) is 2.33. The summed E-state index contributed by atoms with van der Waals surface area (Å²) in [5.41, 5.74) is 2.28. The summed E-state index contributed by atoms with van der Waals surface area (Å²) in [5, 5.41) is 8.59. The summed E-state index contributed by atoms with van der Waals surface area (Å²) in [4.78, 5) is 2.20. The molecule has 0 amide bonds. The van der Waals surface area contributed by atoms with Crippen molar-refractivity contribution in [2.24, 2.45) is 0 Å². The Morgan fingerprint density at radius 2 is 1.94 bits per heavy atom. The summed E-state index contributed by atoms with van der Waals surface area (Å²) < 4.78 is 0. The molecule has 1 aromatic rings. The lowest BCUT2D eigenvalue weighted by atomic mass is 10.1. The average Bonchev–Trinajstić information content (AvgIpc) is 2.33. The van der Waals surface area contributed by atoms with Gasteiger partial charge in [-0.1, -0.05) is 24.0 Å². The van der Waals surface area contributed by atoms with Crippen LogP contribution < -0.4 is 0 Å². The van der Waals surface area contributed by atoms with E-state index in [1.807, 2.05) is 23.9 Å². The Labute approximate surface area is 108 Å². The lowest BCUT2D eigenvalue weighted by Gasteiger charge is -2.08. The molecular weight excluding hydrogens is 230 g/mol. The van der Waals surface area contributed by atoms with Crippen LogP contribution in [-0.4, -0.2) is 43.0 Å². The molecule has 0 bridgehead atoms. The first-order valence-corrected chi connectivity index (χ1v) is 6.79. The van der Waals surface area contributed by atoms with Crippen LogP contribution in [0.25, 0.3) is 0 Å². The summed E-state index contributed by atoms with van der Waals surface area (Å²) >= 11 is 1.94. The van der Waals surface area contributed by atoms with Gasteiger partial charge in [0.2, 0.25) is 0 Å². The Kier molecular flexibility index (Phi) is 6.80. The third kappa shape index (κ3) is 6.38. The molecule has 0 spiro atoms. The standard InChI is InChI=1S/C14H19NOS/c1-15(2)9-11-17-12-14-7-5-13(6-8-14)4-3-10-16/h5-8,16H,9-12H2,1-2H3. The molecule has 0 aliphatic carbocycles. The molecule has 0 aliphatic rings. The smallest absolute Gasteiger partial charge is 0.104 e. The Bertz CT molecular complexity index is 375. The second kappa shape index (κ2) is 8.19. The summed E-state index contributed by atoms with van der Waals surface area (Å²) in [6.07, 6.45) is 0. The lowest BCUT2D eigenvalue weighted by molar-refractivity contribution is 0.350. The van der Waals surface area contributed by atoms with E-state index >= 15 is 0 Å². The maximum absolute atomic E-state index is 8.59. The highest BCUT2D eigenvalue weighted by molar-refractivity contribution is 7.98. The zero-order chi connectivity index (χ0) is 12.5. The van der Waals surface area contributed by atoms with Crippen molar-refractivity contribution in [2.45, 2.75) is 5.75 Å². The van der Waals surface area contributed by atoms with Crippen molar-refractivity contribution < 1.29 is 5.11 Å². The largest absolute Gasteiger partial charge is 0.384 e. The third-order valence-electron chi connectivity index (χ3n) is 2.22. The summed E-state index contributed by atoms with van der Waals surface area (Å²) in [5.74, 6) is 7.73. The van der Waals surface area contributed by atoms with Crippen molar-refractivity contribution in [3.63, 3.8) is 0 Å². The molecular formula is C14H19NOS. The van der Waals surface area contributed by atoms with Crippen LogP contribution in [0.2, 0.25) is 0 Å². The molecule has 92 valence electrons. The van der Waals surface area contributed by atoms with Gasteiger partial charge in [-0.15, -0.1) is 0 Å². The van der Waals surface area contributed by atoms with E-state index in [4.69, 9.17) is 5.11 Å². The van der Waals surface area contributed by atoms with Crippen molar-refractivity contribution >= 4 is 11.8 Å². The van der Waals surface area contributed by atoms with Gasteiger partial charge in [0.15, 0.2) is 0 Å². The normalized spacial score (nSPS) is 10.1. The van der Waals surface area contributed by atoms with Gasteiger partial charge in [0.05, 0.1) is 0 Å². The highest BCUT2D eigenvalue weighted by atomic mass is 32.2. The van der Waals surface area contributed by atoms with Crippen LogP contribution in [0.4, 0.5) is 0 Å². The highest BCUT2D eigenvalue weighted by Gasteiger charge is 1.95. The molecule has 2 nitrogen and oxygen atoms in total. The predicted octanol–water partition coefficient (Wildman–Crippen LogP) is 1.83. The number of nitrogens with zero attached hydrogens (tertiary/aromatic N) is 1. The first-order chi connectivity index (χ1) is 8.22. The zero-order valence-electron chi connectivity index (χ0n) is 10.4. The molecule has 1 aromatic carbocycles. The SMILES string of the molecule is CN(C)CCSCc1ccc(C#CCO)cc1. The van der Waals surface area contributed by atoms with Gasteiger partial charge in [-0.05, 0) is 31.8 Å². The number of benzene rings is 1. The van der Waals surface area contributed by atoms with Crippen molar-refractivity contribution in [3.05, 3.63) is 35.4 Å². The van der Waals surface area contributed by atoms with E-state index in [0.717, 1.165) is 23.6 Å². The van der Waals surface area contributed by atoms with Crippen molar-refractivity contribution in [1.82, 2.24) is 4.90 Å². The first kappa shape index (κ1) is 14.1. The quantitative estimate of drug-likeness (QED) is 0.636. The second-order valence-corrected chi connectivity index (χ2v) is 5.12. The molecule has 0 aromatic heterocycles. The second-order valence-electron chi connectivity index (χ2n) is 4.01. The van der Waals surface area contributed by atoms with Gasteiger partial charge in [-0.25, -0.2) is 0 Å². The molecule has 0 saturated carbocycles. The molecule has 1 rings (SSSR count). The molecule has 0 unspecified atom stereocenters. The van der Waals surface area contributed by atoms with Gasteiger partial charge in [0.1, 0.15) is 6.61 Å². The summed E-state index contributed by atoms with van der Waals surface area (Å²) in [6.45, 7) is 1.03. The van der Waals surface area contributed by atoms with Crippen LogP contribution in [0.15, 0.2) is 24.3 Å². The molecule has 0 radical (unpaired) electrons. The van der Waals surface area contributed by atoms with E-state index in [2.05, 4.69) is 43.0 Å². The molecule has 0 saturated heterocycles. The average molecular weight is 249 g/mol. The van der Waals surface area contributed by atoms with E-state index in [1.54, 1.807) is 0 Å². The van der Waals surface area contributed by atoms with Crippen LogP contribution >= 0.6 is 11.8 Å². The maximum atomic E-state index is 8.59. The van der Waals surface area contributed by atoms with Gasteiger partial charge in [-0.3, -0.25) is 0 Å². The molecule has 0 fully saturated rings. The molecule has 0 heterocycles. The monoisotopic (exact) mass is 249 g/mol. The topological polar surface area (TPSA) is 23.5 Å². The zero-order valence-corrected chi connectivity index (χ0v) is 11.3. The molecule has 0 atom stereocenters. The predicted molar refractivity (Wildman–Crippen MR) is 75.1 cm³/mol. The number of aliphatic hydroxyl groups excluding tert-OH is 1. The van der Waals surface area contributed by atoms with Crippen LogP contribution in [0.3, 0.4) is 0 Å². The van der Waals surface area contributed by atoms with E-state index in [9.17, 15) is 0 Å². The van der Waals surface area contributed by atoms with Crippen molar-refractivity contribution in [3.8, 4) is 11.8 Å². The van der Waals surface area contributed by atoms with E-state index in [-0.39, 0.29) is 6.61 Å². The fraction of sp³-hybridized carbons (Fsp3) is 0.429. The maximum Gasteiger partial charge on any atom is 0.104 e.